The van der Waals surface area contributed by atoms with E-state index >= 15 is 0 Å². The normalized spacial score (nSPS) is 8.62. The molecule has 8 heteroatoms. The first-order chi connectivity index (χ1) is 6.34. The molecule has 0 amide bonds. The number of carbonyl (C=O) groups is 1. The summed E-state index contributed by atoms with van der Waals surface area (Å²) in [7, 11) is -4.25. The van der Waals surface area contributed by atoms with Crippen molar-refractivity contribution in [1.82, 2.24) is 0 Å². The molecule has 0 fully saturated rings. The van der Waals surface area contributed by atoms with Crippen molar-refractivity contribution in [3.8, 4) is 0 Å². The van der Waals surface area contributed by atoms with E-state index in [4.69, 9.17) is 9.90 Å². The average Bonchev–Trinajstić information content (AvgIpc) is 2.03. The molecule has 0 radical (unpaired) electrons. The molecule has 0 bridgehead atoms. The topological polar surface area (TPSA) is 97.3 Å². The van der Waals surface area contributed by atoms with E-state index in [0.29, 0.717) is 0 Å². The van der Waals surface area contributed by atoms with Crippen molar-refractivity contribution in [3.63, 3.8) is 0 Å². The molecule has 16 heavy (non-hydrogen) atoms. The van der Waals surface area contributed by atoms with Crippen LogP contribution in [0.3, 0.4) is 0 Å². The molecule has 1 aromatic rings. The Bertz CT molecular complexity index is 386. The number of aliphatic carboxylic acids is 1. The van der Waals surface area contributed by atoms with Crippen molar-refractivity contribution in [3.05, 3.63) is 30.3 Å². The molecular formula is C8H8Na2O5S. The molecular weight excluding hydrogens is 254 g/mol. The fourth-order valence-corrected chi connectivity index (χ4v) is 1.08. The van der Waals surface area contributed by atoms with Gasteiger partial charge in [0.1, 0.15) is 10.1 Å². The standard InChI is InChI=1S/C6H6O3S.C2H4O2.2Na/c7-10(8,9)6-4-2-1-3-5-6;1-2(3)4;;/h1-5H,(H,7,8,9);1H3,(H,3,4);;/q;;2*+1/p-2. The van der Waals surface area contributed by atoms with Gasteiger partial charge in [-0.1, -0.05) is 18.2 Å². The summed E-state index contributed by atoms with van der Waals surface area (Å²) in [5, 5.41) is 8.89. The second kappa shape index (κ2) is 10.7. The summed E-state index contributed by atoms with van der Waals surface area (Å²) in [6.07, 6.45) is 0. The van der Waals surface area contributed by atoms with Gasteiger partial charge in [0.2, 0.25) is 0 Å². The molecule has 0 aliphatic carbocycles. The van der Waals surface area contributed by atoms with Gasteiger partial charge in [0, 0.05) is 5.97 Å². The van der Waals surface area contributed by atoms with Gasteiger partial charge in [-0.3, -0.25) is 0 Å². The number of benzene rings is 1. The maximum Gasteiger partial charge on any atom is 1.00 e. The van der Waals surface area contributed by atoms with Gasteiger partial charge >= 0.3 is 59.1 Å². The summed E-state index contributed by atoms with van der Waals surface area (Å²) in [5.74, 6) is -1.08. The van der Waals surface area contributed by atoms with Gasteiger partial charge in [0.25, 0.3) is 0 Å². The van der Waals surface area contributed by atoms with Crippen LogP contribution in [0.15, 0.2) is 35.2 Å². The third kappa shape index (κ3) is 12.7. The third-order valence-electron chi connectivity index (χ3n) is 1.03. The second-order valence-corrected chi connectivity index (χ2v) is 3.64. The summed E-state index contributed by atoms with van der Waals surface area (Å²) in [6.45, 7) is 0.972. The fraction of sp³-hybridized carbons (Fsp3) is 0.125. The zero-order valence-corrected chi connectivity index (χ0v) is 14.2. The van der Waals surface area contributed by atoms with Gasteiger partial charge in [-0.15, -0.1) is 0 Å². The molecule has 0 aliphatic rings. The minimum absolute atomic E-state index is 0. The largest absolute Gasteiger partial charge is 1.00 e. The Hall–Kier alpha value is 0.600. The van der Waals surface area contributed by atoms with Crippen LogP contribution in [0.5, 0.6) is 0 Å². The minimum atomic E-state index is -4.25. The van der Waals surface area contributed by atoms with E-state index in [0.717, 1.165) is 6.92 Å². The number of carboxylic acid groups (broad SMARTS) is 1. The SMILES string of the molecule is CC(=O)[O-].O=S(=O)([O-])c1ccccc1.[Na+].[Na+]. The third-order valence-corrected chi connectivity index (χ3v) is 1.88. The minimum Gasteiger partial charge on any atom is -0.744 e. The molecule has 78 valence electrons. The smallest absolute Gasteiger partial charge is 0.744 e. The van der Waals surface area contributed by atoms with Crippen LogP contribution in [0, 0.1) is 0 Å². The van der Waals surface area contributed by atoms with Crippen molar-refractivity contribution in [2.24, 2.45) is 0 Å². The average molecular weight is 262 g/mol. The first-order valence-electron chi connectivity index (χ1n) is 3.52. The molecule has 1 aromatic carbocycles. The van der Waals surface area contributed by atoms with Gasteiger partial charge in [-0.2, -0.15) is 0 Å². The number of carbonyl (C=O) groups excluding carboxylic acids is 1. The zero-order chi connectivity index (χ0) is 11.2. The molecule has 0 aromatic heterocycles. The van der Waals surface area contributed by atoms with Gasteiger partial charge in [0.15, 0.2) is 0 Å². The first-order valence-corrected chi connectivity index (χ1v) is 4.93. The monoisotopic (exact) mass is 262 g/mol. The summed E-state index contributed by atoms with van der Waals surface area (Å²) in [6, 6.07) is 7.19. The summed E-state index contributed by atoms with van der Waals surface area (Å²) >= 11 is 0. The predicted octanol–water partition coefficient (Wildman–Crippen LogP) is -6.65. The van der Waals surface area contributed by atoms with Crippen LogP contribution in [-0.4, -0.2) is 18.9 Å². The van der Waals surface area contributed by atoms with Crippen LogP contribution in [0.1, 0.15) is 6.92 Å². The van der Waals surface area contributed by atoms with Gasteiger partial charge < -0.3 is 14.5 Å². The second-order valence-electron chi connectivity index (χ2n) is 2.26. The van der Waals surface area contributed by atoms with Crippen molar-refractivity contribution in [2.45, 2.75) is 11.8 Å². The Balaban J connectivity index is -0.000000249. The molecule has 0 N–H and O–H groups in total. The Kier molecular flexibility index (Phi) is 14.7. The van der Waals surface area contributed by atoms with E-state index in [-0.39, 0.29) is 64.0 Å². The maximum atomic E-state index is 10.3. The Morgan fingerprint density at radius 2 is 1.44 bits per heavy atom. The van der Waals surface area contributed by atoms with E-state index in [9.17, 15) is 13.0 Å². The van der Waals surface area contributed by atoms with Crippen LogP contribution >= 0.6 is 0 Å². The van der Waals surface area contributed by atoms with Crippen LogP contribution in [-0.2, 0) is 14.9 Å². The zero-order valence-electron chi connectivity index (χ0n) is 9.34. The van der Waals surface area contributed by atoms with E-state index in [1.165, 1.54) is 24.3 Å². The van der Waals surface area contributed by atoms with E-state index in [2.05, 4.69) is 0 Å². The molecule has 0 saturated carbocycles. The molecule has 1 rings (SSSR count). The quantitative estimate of drug-likeness (QED) is 0.370. The Morgan fingerprint density at radius 1 is 1.12 bits per heavy atom. The van der Waals surface area contributed by atoms with Crippen molar-refractivity contribution >= 4 is 16.1 Å². The number of hydrogen-bond acceptors (Lipinski definition) is 5. The molecule has 0 saturated heterocycles. The first kappa shape index (κ1) is 21.8. The Morgan fingerprint density at radius 3 is 1.62 bits per heavy atom. The van der Waals surface area contributed by atoms with Crippen LogP contribution in [0.25, 0.3) is 0 Å². The van der Waals surface area contributed by atoms with Crippen molar-refractivity contribution in [1.29, 1.82) is 0 Å². The number of carboxylic acids is 1. The van der Waals surface area contributed by atoms with Crippen LogP contribution < -0.4 is 64.2 Å². The predicted molar refractivity (Wildman–Crippen MR) is 45.1 cm³/mol. The molecule has 0 spiro atoms. The van der Waals surface area contributed by atoms with Crippen molar-refractivity contribution in [2.75, 3.05) is 0 Å². The van der Waals surface area contributed by atoms with Crippen molar-refractivity contribution < 1.29 is 82.0 Å². The summed E-state index contributed by atoms with van der Waals surface area (Å²) in [5.41, 5.74) is 0. The Labute approximate surface area is 139 Å². The van der Waals surface area contributed by atoms with Crippen LogP contribution in [0.2, 0.25) is 0 Å². The van der Waals surface area contributed by atoms with E-state index in [1.54, 1.807) is 6.07 Å². The molecule has 0 aliphatic heterocycles. The molecule has 0 unspecified atom stereocenters. The molecule has 5 nitrogen and oxygen atoms in total. The van der Waals surface area contributed by atoms with Gasteiger partial charge in [-0.05, 0) is 19.1 Å². The number of rotatable bonds is 1. The summed E-state index contributed by atoms with van der Waals surface area (Å²) < 4.78 is 30.8. The van der Waals surface area contributed by atoms with E-state index in [1.807, 2.05) is 0 Å². The maximum absolute atomic E-state index is 10.3. The van der Waals surface area contributed by atoms with Gasteiger partial charge in [0.05, 0.1) is 4.90 Å². The molecule has 0 atom stereocenters. The van der Waals surface area contributed by atoms with Crippen LogP contribution in [0.4, 0.5) is 0 Å². The summed E-state index contributed by atoms with van der Waals surface area (Å²) in [4.78, 5) is 8.70. The van der Waals surface area contributed by atoms with E-state index < -0.39 is 16.1 Å². The fourth-order valence-electron chi connectivity index (χ4n) is 0.587. The number of hydrogen-bond donors (Lipinski definition) is 0. The molecule has 0 heterocycles. The van der Waals surface area contributed by atoms with Gasteiger partial charge in [-0.25, -0.2) is 8.42 Å².